The van der Waals surface area contributed by atoms with Gasteiger partial charge in [-0.15, -0.1) is 5.10 Å². The van der Waals surface area contributed by atoms with E-state index in [1.54, 1.807) is 10.7 Å². The first-order valence-corrected chi connectivity index (χ1v) is 6.52. The highest BCUT2D eigenvalue weighted by Crippen LogP contribution is 2.30. The predicted molar refractivity (Wildman–Crippen MR) is 71.3 cm³/mol. The molecule has 1 atom stereocenters. The van der Waals surface area contributed by atoms with Gasteiger partial charge in [0.05, 0.1) is 17.8 Å². The molecule has 0 radical (unpaired) electrons. The second-order valence-electron chi connectivity index (χ2n) is 5.30. The van der Waals surface area contributed by atoms with E-state index in [0.717, 1.165) is 19.4 Å². The van der Waals surface area contributed by atoms with Crippen LogP contribution in [-0.2, 0) is 10.3 Å². The Bertz CT molecular complexity index is 621. The third-order valence-corrected chi connectivity index (χ3v) is 3.66. The summed E-state index contributed by atoms with van der Waals surface area (Å²) in [5, 5.41) is 11.8. The molecule has 1 aromatic heterocycles. The normalized spacial score (nSPS) is 22.9. The highest BCUT2D eigenvalue weighted by Gasteiger charge is 2.33. The summed E-state index contributed by atoms with van der Waals surface area (Å²) in [4.78, 5) is 0. The molecular weight excluding hydrogens is 261 g/mol. The molecule has 0 spiro atoms. The minimum Gasteiger partial charge on any atom is -0.396 e. The molecule has 1 fully saturated rings. The lowest BCUT2D eigenvalue weighted by Gasteiger charge is -2.33. The van der Waals surface area contributed by atoms with Gasteiger partial charge >= 0.3 is 0 Å². The molecule has 0 bridgehead atoms. The van der Waals surface area contributed by atoms with Gasteiger partial charge in [0.15, 0.2) is 5.82 Å². The first-order valence-electron chi connectivity index (χ1n) is 6.52. The summed E-state index contributed by atoms with van der Waals surface area (Å²) in [6.07, 6.45) is 1.87. The molecular formula is C13H16FN5O. The number of nitrogens with zero attached hydrogens (tertiary/aromatic N) is 4. The van der Waals surface area contributed by atoms with Crippen molar-refractivity contribution in [3.8, 4) is 11.4 Å². The number of tetrazole rings is 1. The number of hydrogen-bond acceptors (Lipinski definition) is 5. The van der Waals surface area contributed by atoms with Crippen molar-refractivity contribution in [2.24, 2.45) is 0 Å². The number of aromatic nitrogens is 4. The van der Waals surface area contributed by atoms with Crippen LogP contribution in [-0.4, -0.2) is 33.4 Å². The van der Waals surface area contributed by atoms with Gasteiger partial charge in [0, 0.05) is 12.2 Å². The van der Waals surface area contributed by atoms with E-state index >= 15 is 0 Å². The Labute approximate surface area is 115 Å². The van der Waals surface area contributed by atoms with Gasteiger partial charge in [0.1, 0.15) is 5.82 Å². The number of rotatable bonds is 2. The molecule has 0 amide bonds. The van der Waals surface area contributed by atoms with Crippen LogP contribution in [0, 0.1) is 5.82 Å². The number of anilines is 1. The van der Waals surface area contributed by atoms with Crippen LogP contribution in [0.15, 0.2) is 18.2 Å². The standard InChI is InChI=1S/C13H16FN5O/c1-13(5-2-6-20-8-13)19-12(16-17-18-19)9-3-4-11(15)10(14)7-9/h3-4,7H,2,5-6,8,15H2,1H3. The van der Waals surface area contributed by atoms with E-state index in [4.69, 9.17) is 10.5 Å². The van der Waals surface area contributed by atoms with Crippen molar-refractivity contribution in [2.45, 2.75) is 25.3 Å². The first kappa shape index (κ1) is 13.0. The van der Waals surface area contributed by atoms with Gasteiger partial charge in [-0.1, -0.05) is 0 Å². The Balaban J connectivity index is 2.03. The summed E-state index contributed by atoms with van der Waals surface area (Å²) >= 11 is 0. The van der Waals surface area contributed by atoms with Crippen molar-refractivity contribution in [1.82, 2.24) is 20.2 Å². The lowest BCUT2D eigenvalue weighted by Crippen LogP contribution is -2.40. The molecule has 1 aliphatic heterocycles. The number of hydrogen-bond donors (Lipinski definition) is 1. The fourth-order valence-corrected chi connectivity index (χ4v) is 2.48. The minimum atomic E-state index is -0.470. The topological polar surface area (TPSA) is 78.9 Å². The van der Waals surface area contributed by atoms with Gasteiger partial charge in [-0.2, -0.15) is 0 Å². The molecule has 20 heavy (non-hydrogen) atoms. The lowest BCUT2D eigenvalue weighted by molar-refractivity contribution is 0.00348. The predicted octanol–water partition coefficient (Wildman–Crippen LogP) is 1.59. The van der Waals surface area contributed by atoms with Crippen LogP contribution in [0.25, 0.3) is 11.4 Å². The van der Waals surface area contributed by atoms with Crippen LogP contribution in [0.3, 0.4) is 0 Å². The maximum absolute atomic E-state index is 13.6. The Morgan fingerprint density at radius 2 is 2.30 bits per heavy atom. The van der Waals surface area contributed by atoms with Crippen molar-refractivity contribution >= 4 is 5.69 Å². The van der Waals surface area contributed by atoms with E-state index in [0.29, 0.717) is 18.0 Å². The zero-order chi connectivity index (χ0) is 14.2. The van der Waals surface area contributed by atoms with Crippen LogP contribution in [0.2, 0.25) is 0 Å². The molecule has 1 saturated heterocycles. The van der Waals surface area contributed by atoms with Gasteiger partial charge in [0.2, 0.25) is 0 Å². The number of benzene rings is 1. The molecule has 6 nitrogen and oxygen atoms in total. The van der Waals surface area contributed by atoms with Crippen molar-refractivity contribution in [3.63, 3.8) is 0 Å². The molecule has 3 rings (SSSR count). The SMILES string of the molecule is CC1(n2nnnc2-c2ccc(N)c(F)c2)CCCOC1. The Morgan fingerprint density at radius 3 is 3.00 bits per heavy atom. The van der Waals surface area contributed by atoms with E-state index in [-0.39, 0.29) is 11.2 Å². The van der Waals surface area contributed by atoms with Crippen LogP contribution >= 0.6 is 0 Å². The summed E-state index contributed by atoms with van der Waals surface area (Å²) < 4.78 is 20.9. The van der Waals surface area contributed by atoms with Crippen molar-refractivity contribution in [3.05, 3.63) is 24.0 Å². The number of halogens is 1. The highest BCUT2D eigenvalue weighted by atomic mass is 19.1. The molecule has 2 N–H and O–H groups in total. The summed E-state index contributed by atoms with van der Waals surface area (Å²) in [6.45, 7) is 3.34. The summed E-state index contributed by atoms with van der Waals surface area (Å²) in [7, 11) is 0. The average molecular weight is 277 g/mol. The van der Waals surface area contributed by atoms with Gasteiger partial charge in [-0.05, 0) is 48.4 Å². The monoisotopic (exact) mass is 277 g/mol. The first-order chi connectivity index (χ1) is 9.60. The fraction of sp³-hybridized carbons (Fsp3) is 0.462. The highest BCUT2D eigenvalue weighted by molar-refractivity contribution is 5.59. The van der Waals surface area contributed by atoms with E-state index < -0.39 is 5.82 Å². The lowest BCUT2D eigenvalue weighted by atomic mass is 9.94. The molecule has 7 heteroatoms. The van der Waals surface area contributed by atoms with Crippen molar-refractivity contribution in [1.29, 1.82) is 0 Å². The van der Waals surface area contributed by atoms with Gasteiger partial charge in [0.25, 0.3) is 0 Å². The zero-order valence-corrected chi connectivity index (χ0v) is 11.2. The minimum absolute atomic E-state index is 0.111. The molecule has 2 heterocycles. The molecule has 0 aliphatic carbocycles. The summed E-state index contributed by atoms with van der Waals surface area (Å²) in [6, 6.07) is 4.58. The third kappa shape index (κ3) is 2.14. The molecule has 1 unspecified atom stereocenters. The second kappa shape index (κ2) is 4.82. The number of ether oxygens (including phenoxy) is 1. The van der Waals surface area contributed by atoms with E-state index in [2.05, 4.69) is 15.5 Å². The quantitative estimate of drug-likeness (QED) is 0.843. The van der Waals surface area contributed by atoms with Crippen LogP contribution in [0.1, 0.15) is 19.8 Å². The van der Waals surface area contributed by atoms with Gasteiger partial charge in [-0.3, -0.25) is 0 Å². The van der Waals surface area contributed by atoms with Crippen LogP contribution < -0.4 is 5.73 Å². The second-order valence-corrected chi connectivity index (χ2v) is 5.30. The maximum atomic E-state index is 13.6. The summed E-state index contributed by atoms with van der Waals surface area (Å²) in [5.74, 6) is 0.0546. The maximum Gasteiger partial charge on any atom is 0.182 e. The Morgan fingerprint density at radius 1 is 1.45 bits per heavy atom. The van der Waals surface area contributed by atoms with E-state index in [9.17, 15) is 4.39 Å². The molecule has 0 saturated carbocycles. The number of nitrogens with two attached hydrogens (primary N) is 1. The molecule has 1 aromatic carbocycles. The van der Waals surface area contributed by atoms with Crippen LogP contribution in [0.5, 0.6) is 0 Å². The zero-order valence-electron chi connectivity index (χ0n) is 11.2. The molecule has 2 aromatic rings. The Hall–Kier alpha value is -2.02. The van der Waals surface area contributed by atoms with Gasteiger partial charge in [-0.25, -0.2) is 9.07 Å². The van der Waals surface area contributed by atoms with E-state index in [1.807, 2.05) is 6.92 Å². The molecule has 1 aliphatic rings. The largest absolute Gasteiger partial charge is 0.396 e. The van der Waals surface area contributed by atoms with Crippen molar-refractivity contribution < 1.29 is 9.13 Å². The van der Waals surface area contributed by atoms with Crippen molar-refractivity contribution in [2.75, 3.05) is 18.9 Å². The average Bonchev–Trinajstić information content (AvgIpc) is 2.93. The number of nitrogen functional groups attached to an aromatic ring is 1. The Kier molecular flexibility index (Phi) is 3.13. The van der Waals surface area contributed by atoms with E-state index in [1.165, 1.54) is 12.1 Å². The van der Waals surface area contributed by atoms with Crippen LogP contribution in [0.4, 0.5) is 10.1 Å². The smallest absolute Gasteiger partial charge is 0.182 e. The third-order valence-electron chi connectivity index (χ3n) is 3.66. The summed E-state index contributed by atoms with van der Waals surface area (Å²) in [5.41, 5.74) is 5.90. The molecule has 106 valence electrons. The fourth-order valence-electron chi connectivity index (χ4n) is 2.48. The van der Waals surface area contributed by atoms with Gasteiger partial charge < -0.3 is 10.5 Å².